The first kappa shape index (κ1) is 5.09. The summed E-state index contributed by atoms with van der Waals surface area (Å²) >= 11 is 1.86. The average molecular weight is 132 g/mol. The van der Waals surface area contributed by atoms with E-state index >= 15 is 0 Å². The fraction of sp³-hybridized carbons (Fsp3) is 1.00. The van der Waals surface area contributed by atoms with Crippen LogP contribution in [0.1, 0.15) is 6.42 Å². The van der Waals surface area contributed by atoms with Crippen molar-refractivity contribution < 1.29 is 9.84 Å². The van der Waals surface area contributed by atoms with E-state index in [-0.39, 0.29) is 12.7 Å². The highest BCUT2D eigenvalue weighted by atomic mass is 32.2. The number of aliphatic hydroxyl groups excluding tert-OH is 1. The first-order chi connectivity index (χ1) is 3.90. The third kappa shape index (κ3) is 0.658. The lowest BCUT2D eigenvalue weighted by Crippen LogP contribution is -2.12. The molecule has 2 aliphatic heterocycles. The summed E-state index contributed by atoms with van der Waals surface area (Å²) in [7, 11) is 0. The van der Waals surface area contributed by atoms with E-state index in [1.807, 2.05) is 11.8 Å². The van der Waals surface area contributed by atoms with Gasteiger partial charge >= 0.3 is 0 Å². The minimum absolute atomic E-state index is 0.159. The summed E-state index contributed by atoms with van der Waals surface area (Å²) in [6, 6.07) is 0. The molecular formula is C5H8O2S. The number of hydrogen-bond donors (Lipinski definition) is 1. The Morgan fingerprint density at radius 1 is 1.75 bits per heavy atom. The maximum absolute atomic E-state index is 8.57. The van der Waals surface area contributed by atoms with Crippen molar-refractivity contribution in [3.05, 3.63) is 0 Å². The van der Waals surface area contributed by atoms with E-state index in [1.54, 1.807) is 0 Å². The second-order valence-electron chi connectivity index (χ2n) is 2.22. The zero-order valence-corrected chi connectivity index (χ0v) is 5.23. The Bertz CT molecular complexity index is 96.6. The maximum Gasteiger partial charge on any atom is 0.116 e. The van der Waals surface area contributed by atoms with Gasteiger partial charge in [0.25, 0.3) is 0 Å². The first-order valence-electron chi connectivity index (χ1n) is 2.82. The zero-order chi connectivity index (χ0) is 5.56. The summed E-state index contributed by atoms with van der Waals surface area (Å²) < 4.78 is 5.30. The summed E-state index contributed by atoms with van der Waals surface area (Å²) in [5.41, 5.74) is 0.451. The van der Waals surface area contributed by atoms with Crippen molar-refractivity contribution in [3.63, 3.8) is 0 Å². The Balaban J connectivity index is 1.89. The van der Waals surface area contributed by atoms with Crippen molar-refractivity contribution >= 4 is 11.8 Å². The van der Waals surface area contributed by atoms with Crippen LogP contribution >= 0.6 is 11.8 Å². The molecule has 0 aromatic rings. The van der Waals surface area contributed by atoms with Gasteiger partial charge in [-0.1, -0.05) is 0 Å². The third-order valence-corrected chi connectivity index (χ3v) is 2.74. The van der Waals surface area contributed by atoms with Crippen LogP contribution in [0.3, 0.4) is 0 Å². The van der Waals surface area contributed by atoms with Gasteiger partial charge in [0.05, 0.1) is 12.7 Å². The van der Waals surface area contributed by atoms with Gasteiger partial charge in [-0.25, -0.2) is 0 Å². The molecular weight excluding hydrogens is 124 g/mol. The molecule has 0 radical (unpaired) electrons. The molecule has 2 rings (SSSR count). The first-order valence-corrected chi connectivity index (χ1v) is 3.76. The molecule has 1 N–H and O–H groups in total. The standard InChI is InChI=1S/C5H8O2S/c6-2-3-1-4-5(7-3)8-4/h3-6H,1-2H2/t3-,4+,5+/m0/s1. The molecule has 0 spiro atoms. The average Bonchev–Trinajstić information content (AvgIpc) is 2.40. The van der Waals surface area contributed by atoms with Gasteiger partial charge in [-0.15, -0.1) is 11.8 Å². The van der Waals surface area contributed by atoms with Gasteiger partial charge in [-0.3, -0.25) is 0 Å². The van der Waals surface area contributed by atoms with Gasteiger partial charge in [-0.2, -0.15) is 0 Å². The molecule has 0 aromatic carbocycles. The van der Waals surface area contributed by atoms with Crippen LogP contribution < -0.4 is 0 Å². The molecule has 2 nitrogen and oxygen atoms in total. The zero-order valence-electron chi connectivity index (χ0n) is 4.41. The Morgan fingerprint density at radius 2 is 2.62 bits per heavy atom. The number of hydrogen-bond acceptors (Lipinski definition) is 3. The van der Waals surface area contributed by atoms with Crippen LogP contribution in [0.15, 0.2) is 0 Å². The molecule has 2 fully saturated rings. The Labute approximate surface area is 52.2 Å². The molecule has 0 bridgehead atoms. The molecule has 0 aromatic heterocycles. The number of fused-ring (bicyclic) bond motifs is 1. The van der Waals surface area contributed by atoms with Crippen LogP contribution in [0, 0.1) is 0 Å². The summed E-state index contributed by atoms with van der Waals surface area (Å²) in [4.78, 5) is 0. The van der Waals surface area contributed by atoms with Gasteiger partial charge in [0, 0.05) is 5.25 Å². The molecule has 0 amide bonds. The summed E-state index contributed by atoms with van der Waals surface area (Å²) in [5, 5.41) is 9.30. The Morgan fingerprint density at radius 3 is 3.00 bits per heavy atom. The fourth-order valence-electron chi connectivity index (χ4n) is 1.04. The number of thioether (sulfide) groups is 1. The van der Waals surface area contributed by atoms with Crippen LogP contribution in [0.5, 0.6) is 0 Å². The lowest BCUT2D eigenvalue weighted by Gasteiger charge is -2.05. The monoisotopic (exact) mass is 132 g/mol. The van der Waals surface area contributed by atoms with Crippen LogP contribution in [0.4, 0.5) is 0 Å². The lowest BCUT2D eigenvalue weighted by molar-refractivity contribution is 0.0505. The molecule has 0 unspecified atom stereocenters. The van der Waals surface area contributed by atoms with Crippen molar-refractivity contribution in [2.45, 2.75) is 23.2 Å². The van der Waals surface area contributed by atoms with Crippen LogP contribution in [0.2, 0.25) is 0 Å². The normalized spacial score (nSPS) is 51.4. The van der Waals surface area contributed by atoms with Crippen molar-refractivity contribution in [2.24, 2.45) is 0 Å². The second-order valence-corrected chi connectivity index (χ2v) is 3.56. The van der Waals surface area contributed by atoms with E-state index in [0.29, 0.717) is 5.44 Å². The van der Waals surface area contributed by atoms with Gasteiger partial charge < -0.3 is 9.84 Å². The summed E-state index contributed by atoms with van der Waals surface area (Å²) in [6.45, 7) is 0.202. The molecule has 2 heterocycles. The quantitative estimate of drug-likeness (QED) is 0.517. The van der Waals surface area contributed by atoms with Crippen LogP contribution in [0.25, 0.3) is 0 Å². The molecule has 3 atom stereocenters. The second kappa shape index (κ2) is 1.62. The van der Waals surface area contributed by atoms with Gasteiger partial charge in [-0.05, 0) is 6.42 Å². The van der Waals surface area contributed by atoms with Crippen molar-refractivity contribution in [2.75, 3.05) is 6.61 Å². The highest BCUT2D eigenvalue weighted by molar-refractivity contribution is 8.07. The molecule has 2 saturated heterocycles. The van der Waals surface area contributed by atoms with E-state index in [9.17, 15) is 0 Å². The third-order valence-electron chi connectivity index (χ3n) is 1.56. The van der Waals surface area contributed by atoms with Crippen LogP contribution in [-0.4, -0.2) is 28.5 Å². The SMILES string of the molecule is OC[C@@H]1C[C@H]2S[C@H]2O1. The predicted molar refractivity (Wildman–Crippen MR) is 31.7 cm³/mol. The van der Waals surface area contributed by atoms with Gasteiger partial charge in [0.15, 0.2) is 0 Å². The fourth-order valence-corrected chi connectivity index (χ4v) is 2.01. The Kier molecular flexibility index (Phi) is 1.03. The predicted octanol–water partition coefficient (Wildman–Crippen LogP) is 0.209. The van der Waals surface area contributed by atoms with Crippen molar-refractivity contribution in [1.29, 1.82) is 0 Å². The van der Waals surface area contributed by atoms with E-state index in [4.69, 9.17) is 9.84 Å². The van der Waals surface area contributed by atoms with Gasteiger partial charge in [0.1, 0.15) is 5.44 Å². The molecule has 0 aliphatic carbocycles. The van der Waals surface area contributed by atoms with E-state index in [0.717, 1.165) is 11.7 Å². The number of aliphatic hydroxyl groups is 1. The lowest BCUT2D eigenvalue weighted by atomic mass is 10.2. The minimum atomic E-state index is 0.159. The smallest absolute Gasteiger partial charge is 0.116 e. The summed E-state index contributed by atoms with van der Waals surface area (Å²) in [6.07, 6.45) is 1.22. The van der Waals surface area contributed by atoms with Gasteiger partial charge in [0.2, 0.25) is 0 Å². The molecule has 0 saturated carbocycles. The van der Waals surface area contributed by atoms with Crippen molar-refractivity contribution in [3.8, 4) is 0 Å². The maximum atomic E-state index is 8.57. The van der Waals surface area contributed by atoms with E-state index in [2.05, 4.69) is 0 Å². The molecule has 46 valence electrons. The van der Waals surface area contributed by atoms with Crippen molar-refractivity contribution in [1.82, 2.24) is 0 Å². The largest absolute Gasteiger partial charge is 0.394 e. The number of rotatable bonds is 1. The topological polar surface area (TPSA) is 29.5 Å². The number of ether oxygens (including phenoxy) is 1. The highest BCUT2D eigenvalue weighted by Gasteiger charge is 2.48. The highest BCUT2D eigenvalue weighted by Crippen LogP contribution is 2.51. The van der Waals surface area contributed by atoms with Crippen LogP contribution in [-0.2, 0) is 4.74 Å². The molecule has 8 heavy (non-hydrogen) atoms. The van der Waals surface area contributed by atoms with E-state index in [1.165, 1.54) is 0 Å². The minimum Gasteiger partial charge on any atom is -0.394 e. The Hall–Kier alpha value is 0.270. The summed E-state index contributed by atoms with van der Waals surface area (Å²) in [5.74, 6) is 0. The van der Waals surface area contributed by atoms with E-state index < -0.39 is 0 Å². The molecule has 3 heteroatoms. The molecule has 2 aliphatic rings.